The SMILES string of the molecule is COC(=O)[C@@H](C)NC(=O)Oc1cc2c(cc1Cl)CCN(C)CC2c1cccc2ccoc12. The van der Waals surface area contributed by atoms with Crippen LogP contribution in [-0.2, 0) is 16.0 Å². The number of ether oxygens (including phenoxy) is 2. The number of fused-ring (bicyclic) bond motifs is 2. The molecule has 1 N–H and O–H groups in total. The van der Waals surface area contributed by atoms with Crippen molar-refractivity contribution in [2.45, 2.75) is 25.3 Å². The fourth-order valence-electron chi connectivity index (χ4n) is 4.14. The molecule has 1 aromatic heterocycles. The summed E-state index contributed by atoms with van der Waals surface area (Å²) in [4.78, 5) is 26.2. The summed E-state index contributed by atoms with van der Waals surface area (Å²) in [6.07, 6.45) is 1.74. The molecule has 1 aliphatic rings. The number of esters is 1. The lowest BCUT2D eigenvalue weighted by Crippen LogP contribution is -2.40. The lowest BCUT2D eigenvalue weighted by atomic mass is 9.87. The van der Waals surface area contributed by atoms with Gasteiger partial charge in [0.05, 0.1) is 18.4 Å². The van der Waals surface area contributed by atoms with E-state index in [0.29, 0.717) is 5.02 Å². The minimum Gasteiger partial charge on any atom is -0.467 e. The lowest BCUT2D eigenvalue weighted by Gasteiger charge is -2.23. The van der Waals surface area contributed by atoms with Gasteiger partial charge < -0.3 is 24.1 Å². The molecule has 0 aliphatic carbocycles. The van der Waals surface area contributed by atoms with Crippen LogP contribution in [0.5, 0.6) is 5.75 Å². The zero-order valence-electron chi connectivity index (χ0n) is 18.2. The highest BCUT2D eigenvalue weighted by Gasteiger charge is 2.27. The molecule has 0 fully saturated rings. The van der Waals surface area contributed by atoms with Crippen molar-refractivity contribution in [1.29, 1.82) is 0 Å². The second-order valence-electron chi connectivity index (χ2n) is 8.01. The summed E-state index contributed by atoms with van der Waals surface area (Å²) < 4.78 is 15.9. The summed E-state index contributed by atoms with van der Waals surface area (Å²) in [5, 5.41) is 3.83. The summed E-state index contributed by atoms with van der Waals surface area (Å²) in [6.45, 7) is 3.17. The first-order chi connectivity index (χ1) is 15.4. The maximum atomic E-state index is 12.4. The Hall–Kier alpha value is -3.03. The van der Waals surface area contributed by atoms with E-state index in [4.69, 9.17) is 20.8 Å². The Kier molecular flexibility index (Phi) is 6.39. The van der Waals surface area contributed by atoms with Gasteiger partial charge >= 0.3 is 12.1 Å². The molecule has 1 amide bonds. The van der Waals surface area contributed by atoms with Gasteiger partial charge in [-0.3, -0.25) is 0 Å². The molecule has 0 radical (unpaired) electrons. The Morgan fingerprint density at radius 1 is 1.25 bits per heavy atom. The van der Waals surface area contributed by atoms with Crippen molar-refractivity contribution in [2.75, 3.05) is 27.2 Å². The van der Waals surface area contributed by atoms with Gasteiger partial charge in [0.1, 0.15) is 11.6 Å². The Bertz CT molecular complexity index is 1160. The van der Waals surface area contributed by atoms with Gasteiger partial charge in [0, 0.05) is 30.0 Å². The third-order valence-electron chi connectivity index (χ3n) is 5.80. The van der Waals surface area contributed by atoms with Crippen LogP contribution >= 0.6 is 11.6 Å². The average Bonchev–Trinajstić information content (AvgIpc) is 3.20. The monoisotopic (exact) mass is 456 g/mol. The van der Waals surface area contributed by atoms with E-state index in [1.54, 1.807) is 6.26 Å². The number of hydrogen-bond acceptors (Lipinski definition) is 6. The van der Waals surface area contributed by atoms with Crippen LogP contribution in [0, 0.1) is 0 Å². The van der Waals surface area contributed by atoms with Gasteiger partial charge in [-0.05, 0) is 49.7 Å². The van der Waals surface area contributed by atoms with Crippen molar-refractivity contribution < 1.29 is 23.5 Å². The van der Waals surface area contributed by atoms with Crippen molar-refractivity contribution in [3.8, 4) is 5.75 Å². The number of benzene rings is 2. The average molecular weight is 457 g/mol. The first-order valence-corrected chi connectivity index (χ1v) is 10.8. The zero-order valence-corrected chi connectivity index (χ0v) is 18.9. The molecular weight excluding hydrogens is 432 g/mol. The molecular formula is C24H25ClN2O5. The van der Waals surface area contributed by atoms with Crippen LogP contribution in [0.15, 0.2) is 47.1 Å². The highest BCUT2D eigenvalue weighted by molar-refractivity contribution is 6.32. The smallest absolute Gasteiger partial charge is 0.413 e. The predicted molar refractivity (Wildman–Crippen MR) is 121 cm³/mol. The van der Waals surface area contributed by atoms with Gasteiger partial charge in [-0.1, -0.05) is 29.8 Å². The molecule has 2 atom stereocenters. The second-order valence-corrected chi connectivity index (χ2v) is 8.42. The molecule has 3 aromatic rings. The minimum absolute atomic E-state index is 0.00372. The summed E-state index contributed by atoms with van der Waals surface area (Å²) in [7, 11) is 3.34. The summed E-state index contributed by atoms with van der Waals surface area (Å²) >= 11 is 6.46. The number of carbonyl (C=O) groups is 2. The number of hydrogen-bond donors (Lipinski definition) is 1. The topological polar surface area (TPSA) is 81.0 Å². The highest BCUT2D eigenvalue weighted by atomic mass is 35.5. The molecule has 4 rings (SSSR count). The van der Waals surface area contributed by atoms with E-state index in [1.165, 1.54) is 14.0 Å². The van der Waals surface area contributed by atoms with Crippen molar-refractivity contribution in [3.05, 3.63) is 64.4 Å². The Morgan fingerprint density at radius 3 is 2.84 bits per heavy atom. The van der Waals surface area contributed by atoms with Gasteiger partial charge in [0.2, 0.25) is 0 Å². The summed E-state index contributed by atoms with van der Waals surface area (Å²) in [6, 6.07) is 10.9. The van der Waals surface area contributed by atoms with E-state index in [2.05, 4.69) is 28.1 Å². The van der Waals surface area contributed by atoms with Crippen molar-refractivity contribution in [3.63, 3.8) is 0 Å². The van der Waals surface area contributed by atoms with Crippen LogP contribution in [0.3, 0.4) is 0 Å². The van der Waals surface area contributed by atoms with Gasteiger partial charge in [0.15, 0.2) is 5.75 Å². The fourth-order valence-corrected chi connectivity index (χ4v) is 4.37. The number of halogens is 1. The molecule has 1 aliphatic heterocycles. The van der Waals surface area contributed by atoms with Gasteiger partial charge in [-0.2, -0.15) is 0 Å². The molecule has 0 spiro atoms. The maximum Gasteiger partial charge on any atom is 0.413 e. The van der Waals surface area contributed by atoms with Gasteiger partial charge in [-0.15, -0.1) is 0 Å². The number of methoxy groups -OCH3 is 1. The first kappa shape index (κ1) is 22.2. The molecule has 0 saturated heterocycles. The molecule has 168 valence electrons. The molecule has 2 heterocycles. The van der Waals surface area contributed by atoms with Crippen molar-refractivity contribution in [2.24, 2.45) is 0 Å². The number of rotatable bonds is 4. The molecule has 2 aromatic carbocycles. The number of amides is 1. The van der Waals surface area contributed by atoms with E-state index in [1.807, 2.05) is 30.3 Å². The molecule has 7 nitrogen and oxygen atoms in total. The van der Waals surface area contributed by atoms with Crippen LogP contribution in [0.2, 0.25) is 5.02 Å². The lowest BCUT2D eigenvalue weighted by molar-refractivity contribution is -0.142. The number of nitrogens with one attached hydrogen (secondary N) is 1. The molecule has 1 unspecified atom stereocenters. The van der Waals surface area contributed by atoms with Crippen LogP contribution in [-0.4, -0.2) is 50.3 Å². The maximum absolute atomic E-state index is 12.4. The van der Waals surface area contributed by atoms with Crippen molar-refractivity contribution >= 4 is 34.6 Å². The number of furan rings is 1. The van der Waals surface area contributed by atoms with Crippen LogP contribution in [0.25, 0.3) is 11.0 Å². The third kappa shape index (κ3) is 4.45. The fraction of sp³-hybridized carbons (Fsp3) is 0.333. The van der Waals surface area contributed by atoms with E-state index in [0.717, 1.165) is 47.2 Å². The molecule has 0 bridgehead atoms. The van der Waals surface area contributed by atoms with Crippen molar-refractivity contribution in [1.82, 2.24) is 10.2 Å². The van der Waals surface area contributed by atoms with Crippen LogP contribution in [0.1, 0.15) is 29.5 Å². The van der Waals surface area contributed by atoms with Crippen LogP contribution < -0.4 is 10.1 Å². The van der Waals surface area contributed by atoms with Gasteiger partial charge in [0.25, 0.3) is 0 Å². The molecule has 8 heteroatoms. The normalized spacial score (nSPS) is 17.3. The largest absolute Gasteiger partial charge is 0.467 e. The van der Waals surface area contributed by atoms with E-state index in [-0.39, 0.29) is 11.7 Å². The minimum atomic E-state index is -0.843. The predicted octanol–water partition coefficient (Wildman–Crippen LogP) is 4.36. The number of likely N-dealkylation sites (N-methyl/N-ethyl adjacent to an activating group) is 1. The quantitative estimate of drug-likeness (QED) is 0.587. The Morgan fingerprint density at radius 2 is 2.06 bits per heavy atom. The number of para-hydroxylation sites is 1. The van der Waals surface area contributed by atoms with E-state index >= 15 is 0 Å². The zero-order chi connectivity index (χ0) is 22.8. The first-order valence-electron chi connectivity index (χ1n) is 10.4. The van der Waals surface area contributed by atoms with Crippen LogP contribution in [0.4, 0.5) is 4.79 Å². The standard InChI is InChI=1S/C24H25ClN2O5/c1-14(23(28)30-3)26-24(29)32-21-12-18-16(11-20(21)25)7-9-27(2)13-19(18)17-6-4-5-15-8-10-31-22(15)17/h4-6,8,10-12,14,19H,7,9,13H2,1-3H3,(H,26,29)/t14-,19?/m1/s1. The van der Waals surface area contributed by atoms with Gasteiger partial charge in [-0.25, -0.2) is 9.59 Å². The van der Waals surface area contributed by atoms with E-state index < -0.39 is 18.1 Å². The molecule has 32 heavy (non-hydrogen) atoms. The Labute approximate surface area is 191 Å². The number of carbonyl (C=O) groups excluding carboxylic acids is 2. The highest BCUT2D eigenvalue weighted by Crippen LogP contribution is 2.39. The summed E-state index contributed by atoms with van der Waals surface area (Å²) in [5.74, 6) is -0.324. The molecule has 0 saturated carbocycles. The Balaban J connectivity index is 1.70. The third-order valence-corrected chi connectivity index (χ3v) is 6.10. The summed E-state index contributed by atoms with van der Waals surface area (Å²) in [5.41, 5.74) is 4.05. The number of nitrogens with zero attached hydrogens (tertiary/aromatic N) is 1. The second kappa shape index (κ2) is 9.22. The van der Waals surface area contributed by atoms with E-state index in [9.17, 15) is 9.59 Å².